The number of guanidine groups is 1. The lowest BCUT2D eigenvalue weighted by Crippen LogP contribution is -2.42. The fraction of sp³-hybridized carbons (Fsp3) is 0.917. The zero-order valence-electron chi connectivity index (χ0n) is 12.0. The number of unbranched alkanes of at least 4 members (excludes halogenated alkanes) is 1. The highest BCUT2D eigenvalue weighted by Crippen LogP contribution is 1.96. The van der Waals surface area contributed by atoms with Crippen LogP contribution in [0.25, 0.3) is 0 Å². The lowest BCUT2D eigenvalue weighted by atomic mass is 10.3. The minimum Gasteiger partial charge on any atom is -0.357 e. The number of aliphatic imine (C=N–C) groups is 1. The van der Waals surface area contributed by atoms with Crippen molar-refractivity contribution < 1.29 is 8.42 Å². The quantitative estimate of drug-likeness (QED) is 0.397. The molecule has 1 unspecified atom stereocenters. The van der Waals surface area contributed by atoms with Gasteiger partial charge in [-0.15, -0.1) is 0 Å². The van der Waals surface area contributed by atoms with E-state index in [1.807, 2.05) is 13.8 Å². The summed E-state index contributed by atoms with van der Waals surface area (Å²) in [5, 5.41) is 6.38. The van der Waals surface area contributed by atoms with E-state index in [4.69, 9.17) is 0 Å². The van der Waals surface area contributed by atoms with E-state index in [1.54, 1.807) is 0 Å². The summed E-state index contributed by atoms with van der Waals surface area (Å²) in [7, 11) is -2.89. The summed E-state index contributed by atoms with van der Waals surface area (Å²) in [6.07, 6.45) is 4.04. The van der Waals surface area contributed by atoms with Gasteiger partial charge in [-0.25, -0.2) is 8.42 Å². The van der Waals surface area contributed by atoms with Gasteiger partial charge in [0.05, 0.1) is 5.75 Å². The van der Waals surface area contributed by atoms with Crippen LogP contribution in [0, 0.1) is 0 Å². The first kappa shape index (κ1) is 17.2. The highest BCUT2D eigenvalue weighted by Gasteiger charge is 2.09. The molecule has 6 heteroatoms. The van der Waals surface area contributed by atoms with Gasteiger partial charge in [-0.05, 0) is 26.7 Å². The number of hydrogen-bond donors (Lipinski definition) is 2. The molecule has 0 aliphatic rings. The second-order valence-corrected chi connectivity index (χ2v) is 6.84. The van der Waals surface area contributed by atoms with Crippen molar-refractivity contribution in [1.29, 1.82) is 0 Å². The van der Waals surface area contributed by atoms with Crippen LogP contribution in [-0.2, 0) is 9.84 Å². The van der Waals surface area contributed by atoms with Gasteiger partial charge in [-0.1, -0.05) is 13.3 Å². The van der Waals surface area contributed by atoms with Gasteiger partial charge in [0.1, 0.15) is 9.84 Å². The van der Waals surface area contributed by atoms with Gasteiger partial charge >= 0.3 is 0 Å². The Bertz CT molecular complexity index is 339. The molecule has 0 aliphatic heterocycles. The fourth-order valence-electron chi connectivity index (χ4n) is 1.37. The molecule has 0 fully saturated rings. The maximum atomic E-state index is 11.1. The Hall–Kier alpha value is -0.780. The maximum absolute atomic E-state index is 11.1. The summed E-state index contributed by atoms with van der Waals surface area (Å²) < 4.78 is 22.2. The van der Waals surface area contributed by atoms with Gasteiger partial charge in [0.25, 0.3) is 0 Å². The molecule has 2 N–H and O–H groups in total. The van der Waals surface area contributed by atoms with Crippen LogP contribution in [0.4, 0.5) is 0 Å². The van der Waals surface area contributed by atoms with Crippen molar-refractivity contribution in [2.45, 2.75) is 46.1 Å². The lowest BCUT2D eigenvalue weighted by molar-refractivity contribution is 0.581. The standard InChI is InChI=1S/C12H27N3O2S/c1-5-7-9-14-12(13-6-2)15-11(3)8-10-18(4,16)17/h11H,5-10H2,1-4H3,(H2,13,14,15). The Kier molecular flexibility index (Phi) is 8.79. The monoisotopic (exact) mass is 277 g/mol. The van der Waals surface area contributed by atoms with Gasteiger partial charge in [0.2, 0.25) is 0 Å². The van der Waals surface area contributed by atoms with E-state index >= 15 is 0 Å². The molecule has 0 saturated carbocycles. The van der Waals surface area contributed by atoms with Crippen LogP contribution in [0.1, 0.15) is 40.0 Å². The molecule has 0 saturated heterocycles. The third-order valence-electron chi connectivity index (χ3n) is 2.43. The van der Waals surface area contributed by atoms with E-state index < -0.39 is 9.84 Å². The van der Waals surface area contributed by atoms with Crippen LogP contribution in [0.2, 0.25) is 0 Å². The minimum absolute atomic E-state index is 0.0964. The van der Waals surface area contributed by atoms with E-state index in [1.165, 1.54) is 6.26 Å². The molecule has 108 valence electrons. The summed E-state index contributed by atoms with van der Waals surface area (Å²) in [5.41, 5.74) is 0. The van der Waals surface area contributed by atoms with Crippen LogP contribution in [0.3, 0.4) is 0 Å². The van der Waals surface area contributed by atoms with Crippen molar-refractivity contribution in [2.24, 2.45) is 4.99 Å². The largest absolute Gasteiger partial charge is 0.357 e. The van der Waals surface area contributed by atoms with Crippen molar-refractivity contribution in [3.8, 4) is 0 Å². The van der Waals surface area contributed by atoms with Crippen LogP contribution in [0.5, 0.6) is 0 Å². The van der Waals surface area contributed by atoms with Crippen LogP contribution < -0.4 is 10.6 Å². The molecule has 0 radical (unpaired) electrons. The molecule has 0 rings (SSSR count). The van der Waals surface area contributed by atoms with E-state index in [0.29, 0.717) is 6.42 Å². The van der Waals surface area contributed by atoms with E-state index in [9.17, 15) is 8.42 Å². The van der Waals surface area contributed by atoms with Gasteiger partial charge in [0.15, 0.2) is 5.96 Å². The zero-order valence-corrected chi connectivity index (χ0v) is 12.8. The first-order valence-electron chi connectivity index (χ1n) is 6.61. The molecular formula is C12H27N3O2S. The second-order valence-electron chi connectivity index (χ2n) is 4.58. The molecule has 0 bridgehead atoms. The number of rotatable bonds is 8. The Balaban J connectivity index is 4.18. The number of nitrogens with zero attached hydrogens (tertiary/aromatic N) is 1. The average molecular weight is 277 g/mol. The van der Waals surface area contributed by atoms with Crippen LogP contribution in [-0.4, -0.2) is 45.5 Å². The SMILES string of the molecule is CCCCN=C(NCC)NC(C)CCS(C)(=O)=O. The maximum Gasteiger partial charge on any atom is 0.191 e. The molecule has 0 spiro atoms. The van der Waals surface area contributed by atoms with Crippen LogP contribution in [0.15, 0.2) is 4.99 Å². The zero-order chi connectivity index (χ0) is 14.0. The van der Waals surface area contributed by atoms with Gasteiger partial charge in [0, 0.05) is 25.4 Å². The normalized spacial score (nSPS) is 14.3. The Labute approximate surface area is 111 Å². The molecule has 0 aliphatic carbocycles. The highest BCUT2D eigenvalue weighted by atomic mass is 32.2. The summed E-state index contributed by atoms with van der Waals surface area (Å²) in [6, 6.07) is 0.0964. The topological polar surface area (TPSA) is 70.6 Å². The Morgan fingerprint density at radius 2 is 2.00 bits per heavy atom. The summed E-state index contributed by atoms with van der Waals surface area (Å²) in [6.45, 7) is 7.71. The Morgan fingerprint density at radius 3 is 2.50 bits per heavy atom. The molecule has 0 aromatic carbocycles. The third-order valence-corrected chi connectivity index (χ3v) is 3.41. The Morgan fingerprint density at radius 1 is 1.33 bits per heavy atom. The molecule has 0 aromatic heterocycles. The van der Waals surface area contributed by atoms with E-state index in [2.05, 4.69) is 22.5 Å². The molecule has 0 amide bonds. The second kappa shape index (κ2) is 9.19. The number of hydrogen-bond acceptors (Lipinski definition) is 3. The highest BCUT2D eigenvalue weighted by molar-refractivity contribution is 7.90. The third kappa shape index (κ3) is 10.4. The molecule has 0 heterocycles. The lowest BCUT2D eigenvalue weighted by Gasteiger charge is -2.17. The van der Waals surface area contributed by atoms with Crippen molar-refractivity contribution >= 4 is 15.8 Å². The predicted molar refractivity (Wildman–Crippen MR) is 77.8 cm³/mol. The van der Waals surface area contributed by atoms with Gasteiger partial charge in [-0.3, -0.25) is 4.99 Å². The first-order chi connectivity index (χ1) is 8.39. The predicted octanol–water partition coefficient (Wildman–Crippen LogP) is 1.16. The molecular weight excluding hydrogens is 250 g/mol. The first-order valence-corrected chi connectivity index (χ1v) is 8.67. The van der Waals surface area contributed by atoms with Crippen molar-refractivity contribution in [3.63, 3.8) is 0 Å². The number of nitrogens with one attached hydrogen (secondary N) is 2. The summed E-state index contributed by atoms with van der Waals surface area (Å²) in [5.74, 6) is 0.974. The molecule has 1 atom stereocenters. The van der Waals surface area contributed by atoms with Gasteiger partial charge < -0.3 is 10.6 Å². The molecule has 18 heavy (non-hydrogen) atoms. The summed E-state index contributed by atoms with van der Waals surface area (Å²) >= 11 is 0. The number of sulfone groups is 1. The minimum atomic E-state index is -2.89. The van der Waals surface area contributed by atoms with Gasteiger partial charge in [-0.2, -0.15) is 0 Å². The van der Waals surface area contributed by atoms with E-state index in [-0.39, 0.29) is 11.8 Å². The fourth-order valence-corrected chi connectivity index (χ4v) is 2.15. The smallest absolute Gasteiger partial charge is 0.191 e. The van der Waals surface area contributed by atoms with Crippen molar-refractivity contribution in [1.82, 2.24) is 10.6 Å². The van der Waals surface area contributed by atoms with Crippen molar-refractivity contribution in [3.05, 3.63) is 0 Å². The van der Waals surface area contributed by atoms with E-state index in [0.717, 1.165) is 31.9 Å². The molecule has 5 nitrogen and oxygen atoms in total. The molecule has 0 aromatic rings. The summed E-state index contributed by atoms with van der Waals surface area (Å²) in [4.78, 5) is 4.43. The average Bonchev–Trinajstić information content (AvgIpc) is 2.26. The van der Waals surface area contributed by atoms with Crippen molar-refractivity contribution in [2.75, 3.05) is 25.1 Å². The van der Waals surface area contributed by atoms with Crippen LogP contribution >= 0.6 is 0 Å².